The molecule has 1 aromatic carbocycles. The molecule has 0 amide bonds. The minimum absolute atomic E-state index is 0.0555. The van der Waals surface area contributed by atoms with Crippen molar-refractivity contribution in [3.05, 3.63) is 29.8 Å². The first kappa shape index (κ1) is 10.2. The van der Waals surface area contributed by atoms with Gasteiger partial charge in [-0.3, -0.25) is 0 Å². The van der Waals surface area contributed by atoms with Crippen molar-refractivity contribution in [2.75, 3.05) is 4.90 Å². The minimum atomic E-state index is 0.0555. The Hall–Kier alpha value is -1.31. The Kier molecular flexibility index (Phi) is 2.76. The molecular weight excluding hydrogens is 186 g/mol. The first-order valence-electron chi connectivity index (χ1n) is 5.55. The van der Waals surface area contributed by atoms with E-state index in [1.165, 1.54) is 11.3 Å². The molecule has 0 spiro atoms. The van der Waals surface area contributed by atoms with Gasteiger partial charge in [0, 0.05) is 11.7 Å². The molecular formula is C13H17NO. The first-order chi connectivity index (χ1) is 7.24. The smallest absolute Gasteiger partial charge is 0.142 e. The number of fused-ring (bicyclic) bond motifs is 1. The van der Waals surface area contributed by atoms with Crippen LogP contribution in [0.1, 0.15) is 25.8 Å². The second kappa shape index (κ2) is 4.05. The fourth-order valence-corrected chi connectivity index (χ4v) is 2.39. The van der Waals surface area contributed by atoms with Crippen molar-refractivity contribution in [3.8, 4) is 0 Å². The van der Waals surface area contributed by atoms with Crippen molar-refractivity contribution in [1.82, 2.24) is 0 Å². The molecule has 1 aliphatic heterocycles. The molecule has 0 N–H and O–H groups in total. The van der Waals surface area contributed by atoms with Crippen LogP contribution in [-0.4, -0.2) is 18.4 Å². The number of hydrogen-bond acceptors (Lipinski definition) is 2. The van der Waals surface area contributed by atoms with Gasteiger partial charge in [-0.2, -0.15) is 0 Å². The van der Waals surface area contributed by atoms with Crippen molar-refractivity contribution < 1.29 is 4.79 Å². The molecule has 0 saturated carbocycles. The molecule has 2 rings (SSSR count). The van der Waals surface area contributed by atoms with Crippen molar-refractivity contribution in [1.29, 1.82) is 0 Å². The summed E-state index contributed by atoms with van der Waals surface area (Å²) in [6, 6.07) is 8.82. The molecule has 0 fully saturated rings. The van der Waals surface area contributed by atoms with E-state index in [1.54, 1.807) is 0 Å². The Morgan fingerprint density at radius 3 is 2.80 bits per heavy atom. The van der Waals surface area contributed by atoms with E-state index >= 15 is 0 Å². The van der Waals surface area contributed by atoms with E-state index in [2.05, 4.69) is 36.9 Å². The highest BCUT2D eigenvalue weighted by Crippen LogP contribution is 2.31. The second-order valence-corrected chi connectivity index (χ2v) is 4.37. The third kappa shape index (κ3) is 1.76. The predicted molar refractivity (Wildman–Crippen MR) is 62.2 cm³/mol. The number of para-hydroxylation sites is 1. The highest BCUT2D eigenvalue weighted by Gasteiger charge is 2.27. The number of carbonyl (C=O) groups is 1. The van der Waals surface area contributed by atoms with Gasteiger partial charge in [0.2, 0.25) is 0 Å². The maximum absolute atomic E-state index is 11.0. The molecule has 1 atom stereocenters. The standard InChI is InChI=1S/C13H17NO/c1-10(2)14-12(9-15)8-7-11-5-3-4-6-13(11)14/h3-6,9-10,12H,7-8H2,1-2H3. The highest BCUT2D eigenvalue weighted by atomic mass is 16.1. The maximum atomic E-state index is 11.0. The monoisotopic (exact) mass is 203 g/mol. The van der Waals surface area contributed by atoms with Crippen LogP contribution in [0.4, 0.5) is 5.69 Å². The van der Waals surface area contributed by atoms with Crippen LogP contribution in [0.2, 0.25) is 0 Å². The summed E-state index contributed by atoms with van der Waals surface area (Å²) in [5, 5.41) is 0. The number of rotatable bonds is 2. The van der Waals surface area contributed by atoms with E-state index < -0.39 is 0 Å². The van der Waals surface area contributed by atoms with Gasteiger partial charge in [0.15, 0.2) is 0 Å². The lowest BCUT2D eigenvalue weighted by atomic mass is 9.95. The summed E-state index contributed by atoms with van der Waals surface area (Å²) in [4.78, 5) is 13.3. The molecule has 1 aromatic rings. The topological polar surface area (TPSA) is 20.3 Å². The van der Waals surface area contributed by atoms with Gasteiger partial charge < -0.3 is 9.69 Å². The van der Waals surface area contributed by atoms with Crippen molar-refractivity contribution in [3.63, 3.8) is 0 Å². The summed E-state index contributed by atoms with van der Waals surface area (Å²) in [7, 11) is 0. The van der Waals surface area contributed by atoms with Crippen LogP contribution >= 0.6 is 0 Å². The third-order valence-electron chi connectivity index (χ3n) is 3.05. The number of anilines is 1. The number of benzene rings is 1. The van der Waals surface area contributed by atoms with Crippen LogP contribution in [0.25, 0.3) is 0 Å². The molecule has 0 aliphatic carbocycles. The Morgan fingerprint density at radius 2 is 2.13 bits per heavy atom. The number of aryl methyl sites for hydroxylation is 1. The molecule has 1 aliphatic rings. The number of carbonyl (C=O) groups excluding carboxylic acids is 1. The van der Waals surface area contributed by atoms with Crippen LogP contribution in [0.15, 0.2) is 24.3 Å². The minimum Gasteiger partial charge on any atom is -0.359 e. The molecule has 80 valence electrons. The number of nitrogens with zero attached hydrogens (tertiary/aromatic N) is 1. The largest absolute Gasteiger partial charge is 0.359 e. The average molecular weight is 203 g/mol. The summed E-state index contributed by atoms with van der Waals surface area (Å²) in [6.45, 7) is 4.28. The van der Waals surface area contributed by atoms with E-state index in [0.29, 0.717) is 6.04 Å². The van der Waals surface area contributed by atoms with E-state index in [1.807, 2.05) is 6.07 Å². The Balaban J connectivity index is 2.42. The molecule has 15 heavy (non-hydrogen) atoms. The van der Waals surface area contributed by atoms with Crippen LogP contribution < -0.4 is 4.90 Å². The van der Waals surface area contributed by atoms with Crippen LogP contribution in [0.3, 0.4) is 0 Å². The number of hydrogen-bond donors (Lipinski definition) is 0. The Bertz CT molecular complexity index is 359. The van der Waals surface area contributed by atoms with Crippen molar-refractivity contribution in [2.24, 2.45) is 0 Å². The van der Waals surface area contributed by atoms with Gasteiger partial charge in [-0.1, -0.05) is 18.2 Å². The van der Waals surface area contributed by atoms with Crippen LogP contribution in [-0.2, 0) is 11.2 Å². The van der Waals surface area contributed by atoms with E-state index in [0.717, 1.165) is 19.1 Å². The van der Waals surface area contributed by atoms with E-state index in [-0.39, 0.29) is 6.04 Å². The van der Waals surface area contributed by atoms with Gasteiger partial charge in [-0.15, -0.1) is 0 Å². The second-order valence-electron chi connectivity index (χ2n) is 4.37. The third-order valence-corrected chi connectivity index (χ3v) is 3.05. The summed E-state index contributed by atoms with van der Waals surface area (Å²) in [5.41, 5.74) is 2.60. The average Bonchev–Trinajstić information content (AvgIpc) is 2.27. The zero-order chi connectivity index (χ0) is 10.8. The Morgan fingerprint density at radius 1 is 1.40 bits per heavy atom. The molecule has 2 nitrogen and oxygen atoms in total. The van der Waals surface area contributed by atoms with Gasteiger partial charge in [-0.25, -0.2) is 0 Å². The zero-order valence-electron chi connectivity index (χ0n) is 9.31. The van der Waals surface area contributed by atoms with Crippen LogP contribution in [0, 0.1) is 0 Å². The zero-order valence-corrected chi connectivity index (χ0v) is 9.31. The lowest BCUT2D eigenvalue weighted by Gasteiger charge is -2.39. The summed E-state index contributed by atoms with van der Waals surface area (Å²) < 4.78 is 0. The van der Waals surface area contributed by atoms with Gasteiger partial charge in [-0.05, 0) is 38.3 Å². The fourth-order valence-electron chi connectivity index (χ4n) is 2.39. The van der Waals surface area contributed by atoms with Crippen LogP contribution in [0.5, 0.6) is 0 Å². The molecule has 1 heterocycles. The Labute approximate surface area is 90.9 Å². The van der Waals surface area contributed by atoms with E-state index in [9.17, 15) is 4.79 Å². The molecule has 1 unspecified atom stereocenters. The molecule has 0 saturated heterocycles. The summed E-state index contributed by atoms with van der Waals surface area (Å²) in [6.07, 6.45) is 3.04. The highest BCUT2D eigenvalue weighted by molar-refractivity contribution is 5.70. The van der Waals surface area contributed by atoms with Crippen molar-refractivity contribution >= 4 is 12.0 Å². The normalized spacial score (nSPS) is 20.2. The van der Waals surface area contributed by atoms with Gasteiger partial charge >= 0.3 is 0 Å². The molecule has 0 bridgehead atoms. The SMILES string of the molecule is CC(C)N1c2ccccc2CCC1C=O. The van der Waals surface area contributed by atoms with Gasteiger partial charge in [0.25, 0.3) is 0 Å². The molecule has 0 radical (unpaired) electrons. The number of aldehydes is 1. The maximum Gasteiger partial charge on any atom is 0.142 e. The summed E-state index contributed by atoms with van der Waals surface area (Å²) >= 11 is 0. The molecule has 0 aromatic heterocycles. The lowest BCUT2D eigenvalue weighted by Crippen LogP contribution is -2.44. The molecule has 2 heteroatoms. The van der Waals surface area contributed by atoms with Gasteiger partial charge in [0.05, 0.1) is 6.04 Å². The first-order valence-corrected chi connectivity index (χ1v) is 5.55. The van der Waals surface area contributed by atoms with Gasteiger partial charge in [0.1, 0.15) is 6.29 Å². The lowest BCUT2D eigenvalue weighted by molar-refractivity contribution is -0.109. The van der Waals surface area contributed by atoms with E-state index in [4.69, 9.17) is 0 Å². The summed E-state index contributed by atoms with van der Waals surface area (Å²) in [5.74, 6) is 0. The predicted octanol–water partition coefficient (Wildman–Crippen LogP) is 2.42. The quantitative estimate of drug-likeness (QED) is 0.688. The fraction of sp³-hybridized carbons (Fsp3) is 0.462. The van der Waals surface area contributed by atoms with Crippen molar-refractivity contribution in [2.45, 2.75) is 38.8 Å².